The normalized spacial score (nSPS) is 10.7. The monoisotopic (exact) mass is 260 g/mol. The number of rotatable bonds is 3. The Morgan fingerprint density at radius 1 is 1.28 bits per heavy atom. The predicted octanol–water partition coefficient (Wildman–Crippen LogP) is 3.26. The summed E-state index contributed by atoms with van der Waals surface area (Å²) in [6.45, 7) is 5.81. The largest absolute Gasteiger partial charge is 0.348 e. The van der Waals surface area contributed by atoms with Gasteiger partial charge in [0.2, 0.25) is 0 Å². The zero-order valence-electron chi connectivity index (χ0n) is 10.7. The van der Waals surface area contributed by atoms with Gasteiger partial charge in [0.25, 0.3) is 5.91 Å². The topological polar surface area (TPSA) is 42.0 Å². The van der Waals surface area contributed by atoms with E-state index in [1.807, 2.05) is 51.1 Å². The molecular formula is C14H16N2OS. The van der Waals surface area contributed by atoms with Crippen LogP contribution >= 0.6 is 11.3 Å². The average molecular weight is 260 g/mol. The third kappa shape index (κ3) is 2.76. The summed E-state index contributed by atoms with van der Waals surface area (Å²) in [6, 6.07) is 10.0. The number of aromatic nitrogens is 1. The zero-order chi connectivity index (χ0) is 13.1. The molecule has 4 heteroatoms. The highest BCUT2D eigenvalue weighted by Gasteiger charge is 2.18. The number of nitrogens with one attached hydrogen (secondary N) is 1. The molecule has 0 radical (unpaired) electrons. The molecule has 1 amide bonds. The van der Waals surface area contributed by atoms with Gasteiger partial charge < -0.3 is 5.32 Å². The molecule has 0 aliphatic carbocycles. The van der Waals surface area contributed by atoms with Gasteiger partial charge in [-0.05, 0) is 26.3 Å². The Labute approximate surface area is 111 Å². The van der Waals surface area contributed by atoms with Gasteiger partial charge in [0.15, 0.2) is 0 Å². The molecule has 2 aromatic rings. The molecule has 0 atom stereocenters. The Morgan fingerprint density at radius 3 is 2.56 bits per heavy atom. The number of aryl methyl sites for hydroxylation is 1. The fourth-order valence-corrected chi connectivity index (χ4v) is 2.62. The second kappa shape index (κ2) is 5.31. The van der Waals surface area contributed by atoms with Gasteiger partial charge in [-0.1, -0.05) is 30.3 Å². The van der Waals surface area contributed by atoms with E-state index in [9.17, 15) is 4.79 Å². The van der Waals surface area contributed by atoms with Crippen LogP contribution in [-0.4, -0.2) is 16.9 Å². The number of nitrogens with zero attached hydrogens (tertiary/aromatic N) is 1. The minimum absolute atomic E-state index is 0.104. The smallest absolute Gasteiger partial charge is 0.271 e. The zero-order valence-corrected chi connectivity index (χ0v) is 11.5. The Balaban J connectivity index is 2.40. The molecule has 0 unspecified atom stereocenters. The molecule has 0 aliphatic rings. The van der Waals surface area contributed by atoms with Gasteiger partial charge in [0, 0.05) is 6.04 Å². The fourth-order valence-electron chi connectivity index (χ4n) is 1.70. The van der Waals surface area contributed by atoms with E-state index in [0.29, 0.717) is 5.69 Å². The van der Waals surface area contributed by atoms with Crippen molar-refractivity contribution in [2.75, 3.05) is 0 Å². The first-order valence-corrected chi connectivity index (χ1v) is 6.73. The Morgan fingerprint density at radius 2 is 1.94 bits per heavy atom. The Kier molecular flexibility index (Phi) is 3.77. The number of thiazole rings is 1. The van der Waals surface area contributed by atoms with Crippen molar-refractivity contribution in [2.45, 2.75) is 26.8 Å². The average Bonchev–Trinajstić information content (AvgIpc) is 2.72. The van der Waals surface area contributed by atoms with E-state index < -0.39 is 0 Å². The van der Waals surface area contributed by atoms with Crippen LogP contribution in [0.15, 0.2) is 30.3 Å². The summed E-state index contributed by atoms with van der Waals surface area (Å²) in [5.41, 5.74) is 1.56. The molecular weight excluding hydrogens is 244 g/mol. The number of carbonyl (C=O) groups excluding carboxylic acids is 1. The molecule has 0 saturated carbocycles. The van der Waals surface area contributed by atoms with Gasteiger partial charge in [-0.25, -0.2) is 4.98 Å². The summed E-state index contributed by atoms with van der Waals surface area (Å²) in [5.74, 6) is -0.104. The number of hydrogen-bond donors (Lipinski definition) is 1. The van der Waals surface area contributed by atoms with Crippen molar-refractivity contribution in [3.8, 4) is 10.4 Å². The molecule has 1 heterocycles. The van der Waals surface area contributed by atoms with Crippen molar-refractivity contribution in [3.63, 3.8) is 0 Å². The van der Waals surface area contributed by atoms with E-state index >= 15 is 0 Å². The number of carbonyl (C=O) groups is 1. The van der Waals surface area contributed by atoms with Crippen LogP contribution in [0.25, 0.3) is 10.4 Å². The number of amides is 1. The highest BCUT2D eigenvalue weighted by Crippen LogP contribution is 2.29. The minimum atomic E-state index is -0.104. The molecule has 2 rings (SSSR count). The van der Waals surface area contributed by atoms with Crippen LogP contribution in [0, 0.1) is 6.92 Å². The van der Waals surface area contributed by atoms with Crippen molar-refractivity contribution < 1.29 is 4.79 Å². The first-order valence-electron chi connectivity index (χ1n) is 5.91. The van der Waals surface area contributed by atoms with E-state index in [-0.39, 0.29) is 11.9 Å². The summed E-state index contributed by atoms with van der Waals surface area (Å²) < 4.78 is 0. The van der Waals surface area contributed by atoms with Crippen LogP contribution in [0.1, 0.15) is 29.3 Å². The molecule has 18 heavy (non-hydrogen) atoms. The van der Waals surface area contributed by atoms with Crippen LogP contribution in [0.3, 0.4) is 0 Å². The molecule has 1 aromatic heterocycles. The van der Waals surface area contributed by atoms with E-state index in [1.165, 1.54) is 0 Å². The van der Waals surface area contributed by atoms with Gasteiger partial charge >= 0.3 is 0 Å². The molecule has 1 aromatic carbocycles. The maximum Gasteiger partial charge on any atom is 0.271 e. The van der Waals surface area contributed by atoms with Crippen LogP contribution in [0.4, 0.5) is 0 Å². The standard InChI is InChI=1S/C14H16N2OS/c1-9(2)15-14(17)12-13(18-10(3)16-12)11-7-5-4-6-8-11/h4-9H,1-3H3,(H,15,17). The lowest BCUT2D eigenvalue weighted by molar-refractivity contribution is 0.0939. The molecule has 3 nitrogen and oxygen atoms in total. The lowest BCUT2D eigenvalue weighted by Crippen LogP contribution is -2.30. The van der Waals surface area contributed by atoms with Gasteiger partial charge in [-0.2, -0.15) is 0 Å². The van der Waals surface area contributed by atoms with E-state index in [1.54, 1.807) is 11.3 Å². The molecule has 0 saturated heterocycles. The van der Waals surface area contributed by atoms with Crippen LogP contribution in [0.2, 0.25) is 0 Å². The quantitative estimate of drug-likeness (QED) is 0.920. The van der Waals surface area contributed by atoms with Crippen molar-refractivity contribution >= 4 is 17.2 Å². The third-order valence-electron chi connectivity index (χ3n) is 2.40. The summed E-state index contributed by atoms with van der Waals surface area (Å²) >= 11 is 1.55. The Hall–Kier alpha value is -1.68. The minimum Gasteiger partial charge on any atom is -0.348 e. The highest BCUT2D eigenvalue weighted by atomic mass is 32.1. The van der Waals surface area contributed by atoms with Gasteiger partial charge in [-0.15, -0.1) is 11.3 Å². The maximum absolute atomic E-state index is 12.1. The lowest BCUT2D eigenvalue weighted by Gasteiger charge is -2.07. The number of benzene rings is 1. The molecule has 0 spiro atoms. The maximum atomic E-state index is 12.1. The van der Waals surface area contributed by atoms with Crippen molar-refractivity contribution in [3.05, 3.63) is 41.0 Å². The van der Waals surface area contributed by atoms with Crippen molar-refractivity contribution in [1.82, 2.24) is 10.3 Å². The van der Waals surface area contributed by atoms with Crippen LogP contribution < -0.4 is 5.32 Å². The van der Waals surface area contributed by atoms with Crippen molar-refractivity contribution in [2.24, 2.45) is 0 Å². The van der Waals surface area contributed by atoms with E-state index in [4.69, 9.17) is 0 Å². The van der Waals surface area contributed by atoms with E-state index in [2.05, 4.69) is 10.3 Å². The third-order valence-corrected chi connectivity index (χ3v) is 3.42. The molecule has 0 aliphatic heterocycles. The highest BCUT2D eigenvalue weighted by molar-refractivity contribution is 7.15. The Bertz CT molecular complexity index is 546. The molecule has 1 N–H and O–H groups in total. The van der Waals surface area contributed by atoms with E-state index in [0.717, 1.165) is 15.4 Å². The van der Waals surface area contributed by atoms with Crippen molar-refractivity contribution in [1.29, 1.82) is 0 Å². The van der Waals surface area contributed by atoms with Crippen LogP contribution in [-0.2, 0) is 0 Å². The van der Waals surface area contributed by atoms with Crippen LogP contribution in [0.5, 0.6) is 0 Å². The second-order valence-electron chi connectivity index (χ2n) is 4.40. The molecule has 94 valence electrons. The SMILES string of the molecule is Cc1nc(C(=O)NC(C)C)c(-c2ccccc2)s1. The summed E-state index contributed by atoms with van der Waals surface area (Å²) in [6.07, 6.45) is 0. The first kappa shape index (κ1) is 12.8. The van der Waals surface area contributed by atoms with Gasteiger partial charge in [0.05, 0.1) is 9.88 Å². The fraction of sp³-hybridized carbons (Fsp3) is 0.286. The number of hydrogen-bond acceptors (Lipinski definition) is 3. The summed E-state index contributed by atoms with van der Waals surface area (Å²) in [4.78, 5) is 17.4. The predicted molar refractivity (Wildman–Crippen MR) is 74.9 cm³/mol. The lowest BCUT2D eigenvalue weighted by atomic mass is 10.1. The molecule has 0 fully saturated rings. The van der Waals surface area contributed by atoms with Gasteiger partial charge in [-0.3, -0.25) is 4.79 Å². The van der Waals surface area contributed by atoms with Gasteiger partial charge in [0.1, 0.15) is 5.69 Å². The summed E-state index contributed by atoms with van der Waals surface area (Å²) in [7, 11) is 0. The first-order chi connectivity index (χ1) is 8.58. The summed E-state index contributed by atoms with van der Waals surface area (Å²) in [5, 5.41) is 3.79. The molecule has 0 bridgehead atoms. The second-order valence-corrected chi connectivity index (χ2v) is 5.61.